The van der Waals surface area contributed by atoms with E-state index < -0.39 is 0 Å². The predicted octanol–water partition coefficient (Wildman–Crippen LogP) is 4.81. The van der Waals surface area contributed by atoms with E-state index in [-0.39, 0.29) is 0 Å². The van der Waals surface area contributed by atoms with Gasteiger partial charge in [-0.15, -0.1) is 11.3 Å². The lowest BCUT2D eigenvalue weighted by atomic mass is 10.1. The topological polar surface area (TPSA) is 26.3 Å². The van der Waals surface area contributed by atoms with Crippen LogP contribution >= 0.6 is 11.3 Å². The van der Waals surface area contributed by atoms with Gasteiger partial charge in [-0.2, -0.15) is 0 Å². The van der Waals surface area contributed by atoms with Crippen molar-refractivity contribution in [3.05, 3.63) is 77.2 Å². The monoisotopic (exact) mass is 294 g/mol. The van der Waals surface area contributed by atoms with Crippen LogP contribution < -0.4 is 4.74 Å². The Kier molecular flexibility index (Phi) is 4.12. The van der Waals surface area contributed by atoms with Gasteiger partial charge in [-0.05, 0) is 40.8 Å². The summed E-state index contributed by atoms with van der Waals surface area (Å²) in [6, 6.07) is 19.7. The minimum atomic E-state index is 0.458. The molecule has 0 fully saturated rings. The summed E-state index contributed by atoms with van der Waals surface area (Å²) in [6.45, 7) is 0.458. The highest BCUT2D eigenvalue weighted by molar-refractivity contribution is 7.13. The largest absolute Gasteiger partial charge is 0.488 e. The molecule has 3 heteroatoms. The first-order valence-corrected chi connectivity index (χ1v) is 7.54. The van der Waals surface area contributed by atoms with Crippen molar-refractivity contribution >= 4 is 17.6 Å². The Bertz CT molecular complexity index is 718. The maximum absolute atomic E-state index is 11.3. The van der Waals surface area contributed by atoms with E-state index in [0.717, 1.165) is 22.3 Å². The van der Waals surface area contributed by atoms with Gasteiger partial charge in [0.25, 0.3) is 0 Å². The Balaban J connectivity index is 1.81. The molecule has 0 aliphatic carbocycles. The van der Waals surface area contributed by atoms with E-state index >= 15 is 0 Å². The van der Waals surface area contributed by atoms with E-state index in [0.29, 0.717) is 17.9 Å². The molecule has 2 aromatic carbocycles. The van der Waals surface area contributed by atoms with Crippen LogP contribution in [0.3, 0.4) is 0 Å². The van der Waals surface area contributed by atoms with Crippen LogP contribution in [-0.2, 0) is 6.61 Å². The van der Waals surface area contributed by atoms with Gasteiger partial charge in [0.2, 0.25) is 0 Å². The summed E-state index contributed by atoms with van der Waals surface area (Å²) in [5, 5.41) is 2.02. The molecule has 0 spiro atoms. The molecular weight excluding hydrogens is 280 g/mol. The van der Waals surface area contributed by atoms with Crippen LogP contribution in [0.2, 0.25) is 0 Å². The summed E-state index contributed by atoms with van der Waals surface area (Å²) in [5.41, 5.74) is 2.70. The zero-order valence-electron chi connectivity index (χ0n) is 11.4. The van der Waals surface area contributed by atoms with Crippen LogP contribution in [0, 0.1) is 0 Å². The first-order chi connectivity index (χ1) is 10.4. The van der Waals surface area contributed by atoms with Crippen LogP contribution in [0.15, 0.2) is 66.0 Å². The lowest BCUT2D eigenvalue weighted by molar-refractivity contribution is 0.111. The number of thiophene rings is 1. The molecule has 0 unspecified atom stereocenters. The highest BCUT2D eigenvalue weighted by Crippen LogP contribution is 2.29. The van der Waals surface area contributed by atoms with Gasteiger partial charge < -0.3 is 4.74 Å². The molecular formula is C18H14O2S. The average Bonchev–Trinajstić information content (AvgIpc) is 3.08. The zero-order chi connectivity index (χ0) is 14.5. The molecule has 0 amide bonds. The number of hydrogen-bond donors (Lipinski definition) is 0. The smallest absolute Gasteiger partial charge is 0.153 e. The van der Waals surface area contributed by atoms with Crippen molar-refractivity contribution in [2.45, 2.75) is 6.61 Å². The SMILES string of the molecule is O=Cc1cc(-c2cccs2)ccc1OCc1ccccc1. The number of carbonyl (C=O) groups excluding carboxylic acids is 1. The van der Waals surface area contributed by atoms with Gasteiger partial charge in [-0.3, -0.25) is 4.79 Å². The maximum Gasteiger partial charge on any atom is 0.153 e. The highest BCUT2D eigenvalue weighted by Gasteiger charge is 2.07. The molecule has 3 aromatic rings. The maximum atomic E-state index is 11.3. The summed E-state index contributed by atoms with van der Waals surface area (Å²) in [6.07, 6.45) is 0.845. The lowest BCUT2D eigenvalue weighted by Crippen LogP contribution is -1.98. The van der Waals surface area contributed by atoms with Crippen LogP contribution in [-0.4, -0.2) is 6.29 Å². The molecule has 0 aliphatic heterocycles. The summed E-state index contributed by atoms with van der Waals surface area (Å²) >= 11 is 1.65. The van der Waals surface area contributed by atoms with Gasteiger partial charge in [0.15, 0.2) is 6.29 Å². The quantitative estimate of drug-likeness (QED) is 0.631. The third-order valence-corrected chi connectivity index (χ3v) is 4.10. The summed E-state index contributed by atoms with van der Waals surface area (Å²) in [7, 11) is 0. The number of rotatable bonds is 5. The van der Waals surface area contributed by atoms with Gasteiger partial charge >= 0.3 is 0 Å². The molecule has 0 atom stereocenters. The van der Waals surface area contributed by atoms with Gasteiger partial charge in [-0.1, -0.05) is 36.4 Å². The van der Waals surface area contributed by atoms with Gasteiger partial charge in [-0.25, -0.2) is 0 Å². The Hall–Kier alpha value is -2.39. The van der Waals surface area contributed by atoms with Crippen LogP contribution in [0.4, 0.5) is 0 Å². The van der Waals surface area contributed by atoms with E-state index in [1.54, 1.807) is 11.3 Å². The number of benzene rings is 2. The third kappa shape index (κ3) is 3.20. The Morgan fingerprint density at radius 3 is 2.57 bits per heavy atom. The molecule has 104 valence electrons. The summed E-state index contributed by atoms with van der Waals surface area (Å²) in [5.74, 6) is 0.620. The number of ether oxygens (including phenoxy) is 1. The second-order valence-electron chi connectivity index (χ2n) is 4.62. The van der Waals surface area contributed by atoms with Crippen molar-refractivity contribution in [1.29, 1.82) is 0 Å². The van der Waals surface area contributed by atoms with Crippen molar-refractivity contribution in [2.75, 3.05) is 0 Å². The first kappa shape index (κ1) is 13.6. The van der Waals surface area contributed by atoms with Crippen molar-refractivity contribution < 1.29 is 9.53 Å². The minimum Gasteiger partial charge on any atom is -0.488 e. The van der Waals surface area contributed by atoms with E-state index in [1.807, 2.05) is 66.0 Å². The Labute approximate surface area is 127 Å². The van der Waals surface area contributed by atoms with Crippen LogP contribution in [0.5, 0.6) is 5.75 Å². The molecule has 0 aliphatic rings. The fraction of sp³-hybridized carbons (Fsp3) is 0.0556. The zero-order valence-corrected chi connectivity index (χ0v) is 12.2. The minimum absolute atomic E-state index is 0.458. The van der Waals surface area contributed by atoms with Crippen molar-refractivity contribution in [2.24, 2.45) is 0 Å². The first-order valence-electron chi connectivity index (χ1n) is 6.66. The molecule has 3 rings (SSSR count). The average molecular weight is 294 g/mol. The lowest BCUT2D eigenvalue weighted by Gasteiger charge is -2.09. The number of hydrogen-bond acceptors (Lipinski definition) is 3. The van der Waals surface area contributed by atoms with Gasteiger partial charge in [0.1, 0.15) is 12.4 Å². The second kappa shape index (κ2) is 6.37. The Morgan fingerprint density at radius 2 is 1.86 bits per heavy atom. The Morgan fingerprint density at radius 1 is 1.00 bits per heavy atom. The molecule has 0 radical (unpaired) electrons. The fourth-order valence-corrected chi connectivity index (χ4v) is 2.83. The fourth-order valence-electron chi connectivity index (χ4n) is 2.10. The molecule has 21 heavy (non-hydrogen) atoms. The van der Waals surface area contributed by atoms with E-state index in [4.69, 9.17) is 4.74 Å². The molecule has 0 bridgehead atoms. The molecule has 1 aromatic heterocycles. The third-order valence-electron chi connectivity index (χ3n) is 3.18. The standard InChI is InChI=1S/C18H14O2S/c19-12-16-11-15(18-7-4-10-21-18)8-9-17(16)20-13-14-5-2-1-3-6-14/h1-12H,13H2. The normalized spacial score (nSPS) is 10.3. The second-order valence-corrected chi connectivity index (χ2v) is 5.57. The summed E-state index contributed by atoms with van der Waals surface area (Å²) in [4.78, 5) is 12.4. The van der Waals surface area contributed by atoms with Crippen molar-refractivity contribution in [1.82, 2.24) is 0 Å². The van der Waals surface area contributed by atoms with Crippen LogP contribution in [0.25, 0.3) is 10.4 Å². The van der Waals surface area contributed by atoms with Crippen molar-refractivity contribution in [3.8, 4) is 16.2 Å². The molecule has 2 nitrogen and oxygen atoms in total. The number of aldehydes is 1. The van der Waals surface area contributed by atoms with Gasteiger partial charge in [0, 0.05) is 4.88 Å². The molecule has 0 saturated carbocycles. The summed E-state index contributed by atoms with van der Waals surface area (Å²) < 4.78 is 5.76. The van der Waals surface area contributed by atoms with E-state index in [2.05, 4.69) is 0 Å². The van der Waals surface area contributed by atoms with Crippen molar-refractivity contribution in [3.63, 3.8) is 0 Å². The molecule has 0 N–H and O–H groups in total. The predicted molar refractivity (Wildman–Crippen MR) is 85.9 cm³/mol. The molecule has 1 heterocycles. The van der Waals surface area contributed by atoms with Gasteiger partial charge in [0.05, 0.1) is 5.56 Å². The highest BCUT2D eigenvalue weighted by atomic mass is 32.1. The number of carbonyl (C=O) groups is 1. The van der Waals surface area contributed by atoms with E-state index in [9.17, 15) is 4.79 Å². The van der Waals surface area contributed by atoms with E-state index in [1.165, 1.54) is 0 Å². The molecule has 0 saturated heterocycles. The van der Waals surface area contributed by atoms with Crippen LogP contribution in [0.1, 0.15) is 15.9 Å².